The van der Waals surface area contributed by atoms with Gasteiger partial charge < -0.3 is 20.7 Å². The first-order valence-electron chi connectivity index (χ1n) is 12.5. The van der Waals surface area contributed by atoms with Gasteiger partial charge in [-0.25, -0.2) is 4.79 Å². The van der Waals surface area contributed by atoms with Gasteiger partial charge in [-0.05, 0) is 30.2 Å². The predicted molar refractivity (Wildman–Crippen MR) is 129 cm³/mol. The summed E-state index contributed by atoms with van der Waals surface area (Å²) in [4.78, 5) is 38.3. The molecule has 1 aromatic rings. The van der Waals surface area contributed by atoms with Crippen molar-refractivity contribution in [1.82, 2.24) is 16.0 Å². The molecule has 1 saturated carbocycles. The number of amides is 3. The van der Waals surface area contributed by atoms with E-state index in [0.29, 0.717) is 18.9 Å². The first kappa shape index (κ1) is 26.7. The number of benzene rings is 1. The normalized spacial score (nSPS) is 16.0. The smallest absolute Gasteiger partial charge is 0.408 e. The maximum atomic E-state index is 13.1. The Morgan fingerprint density at radius 2 is 1.70 bits per heavy atom. The van der Waals surface area contributed by atoms with Gasteiger partial charge in [0.25, 0.3) is 0 Å². The summed E-state index contributed by atoms with van der Waals surface area (Å²) in [7, 11) is 0. The van der Waals surface area contributed by atoms with E-state index in [2.05, 4.69) is 22.9 Å². The summed E-state index contributed by atoms with van der Waals surface area (Å²) < 4.78 is 5.29. The minimum absolute atomic E-state index is 0.128. The van der Waals surface area contributed by atoms with E-state index in [1.165, 1.54) is 19.3 Å². The second kappa shape index (κ2) is 14.6. The van der Waals surface area contributed by atoms with Crippen molar-refractivity contribution in [3.05, 3.63) is 35.9 Å². The molecule has 2 atom stereocenters. The number of unbranched alkanes of at least 4 members (excludes halogenated alkanes) is 1. The standard InChI is InChI=1S/C26H41N3O4/c1-4-5-16-27-24(30)22(17-20-12-8-6-9-13-20)28-25(31)23(19(2)3)29-26(32)33-18-21-14-10-7-11-15-21/h7,10-11,14-15,19-20,22-23H,4-6,8-9,12-13,16-18H2,1-3H3,(H,27,30)(H,28,31)(H,29,32)/t22-,23-/m0/s1. The molecule has 3 N–H and O–H groups in total. The lowest BCUT2D eigenvalue weighted by atomic mass is 9.84. The van der Waals surface area contributed by atoms with Crippen LogP contribution in [-0.2, 0) is 20.9 Å². The molecule has 3 amide bonds. The fraction of sp³-hybridized carbons (Fsp3) is 0.654. The Balaban J connectivity index is 1.97. The number of carbonyl (C=O) groups is 3. The molecule has 0 aliphatic heterocycles. The van der Waals surface area contributed by atoms with Gasteiger partial charge in [0.1, 0.15) is 18.7 Å². The molecule has 0 radical (unpaired) electrons. The van der Waals surface area contributed by atoms with Gasteiger partial charge in [0.15, 0.2) is 0 Å². The average molecular weight is 460 g/mol. The van der Waals surface area contributed by atoms with Gasteiger partial charge in [-0.1, -0.05) is 89.6 Å². The maximum absolute atomic E-state index is 13.1. The number of ether oxygens (including phenoxy) is 1. The zero-order valence-corrected chi connectivity index (χ0v) is 20.4. The first-order valence-corrected chi connectivity index (χ1v) is 12.5. The molecule has 0 heterocycles. The first-order chi connectivity index (χ1) is 15.9. The summed E-state index contributed by atoms with van der Waals surface area (Å²) in [6, 6.07) is 7.99. The van der Waals surface area contributed by atoms with Crippen molar-refractivity contribution < 1.29 is 19.1 Å². The molecule has 1 aliphatic rings. The number of nitrogens with one attached hydrogen (secondary N) is 3. The maximum Gasteiger partial charge on any atom is 0.408 e. The summed E-state index contributed by atoms with van der Waals surface area (Å²) >= 11 is 0. The Labute approximate surface area is 198 Å². The number of alkyl carbamates (subject to hydrolysis) is 1. The molecule has 7 heteroatoms. The average Bonchev–Trinajstić information content (AvgIpc) is 2.82. The molecule has 1 aliphatic carbocycles. The Morgan fingerprint density at radius 1 is 1.00 bits per heavy atom. The van der Waals surface area contributed by atoms with Crippen LogP contribution in [0.5, 0.6) is 0 Å². The van der Waals surface area contributed by atoms with Gasteiger partial charge in [-0.3, -0.25) is 9.59 Å². The molecule has 7 nitrogen and oxygen atoms in total. The highest BCUT2D eigenvalue weighted by Crippen LogP contribution is 2.27. The number of hydrogen-bond acceptors (Lipinski definition) is 4. The highest BCUT2D eigenvalue weighted by atomic mass is 16.5. The van der Waals surface area contributed by atoms with Crippen molar-refractivity contribution in [3.63, 3.8) is 0 Å². The predicted octanol–water partition coefficient (Wildman–Crippen LogP) is 4.31. The fourth-order valence-corrected chi connectivity index (χ4v) is 4.19. The molecule has 0 aromatic heterocycles. The van der Waals surface area contributed by atoms with Crippen LogP contribution in [-0.4, -0.2) is 36.5 Å². The molecule has 1 aromatic carbocycles. The van der Waals surface area contributed by atoms with Crippen molar-refractivity contribution >= 4 is 17.9 Å². The van der Waals surface area contributed by atoms with Gasteiger partial charge in [0.2, 0.25) is 11.8 Å². The molecular formula is C26H41N3O4. The third-order valence-electron chi connectivity index (χ3n) is 6.19. The van der Waals surface area contributed by atoms with Crippen LogP contribution in [0.3, 0.4) is 0 Å². The van der Waals surface area contributed by atoms with E-state index in [4.69, 9.17) is 4.74 Å². The SMILES string of the molecule is CCCCNC(=O)[C@H](CC1CCCCC1)NC(=O)[C@@H](NC(=O)OCc1ccccc1)C(C)C. The quantitative estimate of drug-likeness (QED) is 0.406. The Morgan fingerprint density at radius 3 is 2.33 bits per heavy atom. The third-order valence-corrected chi connectivity index (χ3v) is 6.19. The van der Waals surface area contributed by atoms with Crippen LogP contribution in [0, 0.1) is 11.8 Å². The van der Waals surface area contributed by atoms with Crippen molar-refractivity contribution in [2.75, 3.05) is 6.54 Å². The summed E-state index contributed by atoms with van der Waals surface area (Å²) in [6.45, 7) is 6.52. The molecular weight excluding hydrogens is 418 g/mol. The molecule has 0 spiro atoms. The van der Waals surface area contributed by atoms with Gasteiger partial charge in [0, 0.05) is 6.54 Å². The van der Waals surface area contributed by atoms with Crippen molar-refractivity contribution in [2.24, 2.45) is 11.8 Å². The van der Waals surface area contributed by atoms with Crippen LogP contribution in [0.4, 0.5) is 4.79 Å². The molecule has 0 saturated heterocycles. The molecule has 33 heavy (non-hydrogen) atoms. The van der Waals surface area contributed by atoms with Crippen LogP contribution in [0.15, 0.2) is 30.3 Å². The zero-order valence-electron chi connectivity index (χ0n) is 20.4. The highest BCUT2D eigenvalue weighted by molar-refractivity contribution is 5.91. The van der Waals surface area contributed by atoms with Gasteiger partial charge in [-0.2, -0.15) is 0 Å². The monoisotopic (exact) mass is 459 g/mol. The van der Waals surface area contributed by atoms with E-state index in [9.17, 15) is 14.4 Å². The molecule has 0 bridgehead atoms. The van der Waals surface area contributed by atoms with E-state index >= 15 is 0 Å². The van der Waals surface area contributed by atoms with Crippen LogP contribution in [0.25, 0.3) is 0 Å². The van der Waals surface area contributed by atoms with Crippen molar-refractivity contribution in [3.8, 4) is 0 Å². The fourth-order valence-electron chi connectivity index (χ4n) is 4.19. The summed E-state index contributed by atoms with van der Waals surface area (Å²) in [5.74, 6) is -0.223. The van der Waals surface area contributed by atoms with Crippen LogP contribution in [0.1, 0.15) is 77.7 Å². The third kappa shape index (κ3) is 9.84. The number of hydrogen-bond donors (Lipinski definition) is 3. The second-order valence-corrected chi connectivity index (χ2v) is 9.37. The minimum atomic E-state index is -0.787. The molecule has 1 fully saturated rings. The number of carbonyl (C=O) groups excluding carboxylic acids is 3. The lowest BCUT2D eigenvalue weighted by Gasteiger charge is -2.29. The Bertz CT molecular complexity index is 732. The second-order valence-electron chi connectivity index (χ2n) is 9.37. The van der Waals surface area contributed by atoms with E-state index in [1.54, 1.807) is 0 Å². The van der Waals surface area contributed by atoms with Crippen molar-refractivity contribution in [2.45, 2.75) is 90.8 Å². The summed E-state index contributed by atoms with van der Waals surface area (Å²) in [6.07, 6.45) is 7.64. The van der Waals surface area contributed by atoms with Gasteiger partial charge in [-0.15, -0.1) is 0 Å². The van der Waals surface area contributed by atoms with Crippen LogP contribution in [0.2, 0.25) is 0 Å². The Kier molecular flexibility index (Phi) is 11.8. The number of rotatable bonds is 12. The summed E-state index contributed by atoms with van der Waals surface area (Å²) in [5, 5.41) is 8.57. The lowest BCUT2D eigenvalue weighted by molar-refractivity contribution is -0.131. The zero-order chi connectivity index (χ0) is 24.1. The van der Waals surface area contributed by atoms with Gasteiger partial charge in [0.05, 0.1) is 0 Å². The van der Waals surface area contributed by atoms with E-state index in [1.807, 2.05) is 44.2 Å². The largest absolute Gasteiger partial charge is 0.445 e. The molecule has 184 valence electrons. The van der Waals surface area contributed by atoms with Crippen molar-refractivity contribution in [1.29, 1.82) is 0 Å². The topological polar surface area (TPSA) is 96.5 Å². The van der Waals surface area contributed by atoms with Crippen LogP contribution >= 0.6 is 0 Å². The highest BCUT2D eigenvalue weighted by Gasteiger charge is 2.31. The van der Waals surface area contributed by atoms with Crippen LogP contribution < -0.4 is 16.0 Å². The van der Waals surface area contributed by atoms with E-state index in [-0.39, 0.29) is 24.3 Å². The summed E-state index contributed by atoms with van der Waals surface area (Å²) in [5.41, 5.74) is 0.870. The van der Waals surface area contributed by atoms with Gasteiger partial charge >= 0.3 is 6.09 Å². The lowest BCUT2D eigenvalue weighted by Crippen LogP contribution is -2.56. The minimum Gasteiger partial charge on any atom is -0.445 e. The van der Waals surface area contributed by atoms with E-state index in [0.717, 1.165) is 31.2 Å². The molecule has 2 rings (SSSR count). The molecule has 0 unspecified atom stereocenters. The van der Waals surface area contributed by atoms with E-state index < -0.39 is 18.2 Å². The Hall–Kier alpha value is -2.57.